The van der Waals surface area contributed by atoms with Crippen LogP contribution in [0.3, 0.4) is 0 Å². The summed E-state index contributed by atoms with van der Waals surface area (Å²) in [6.45, 7) is 0. The minimum atomic E-state index is -4.13. The van der Waals surface area contributed by atoms with Crippen LogP contribution in [-0.4, -0.2) is 21.5 Å². The lowest BCUT2D eigenvalue weighted by molar-refractivity contribution is 0.0596. The number of ether oxygens (including phenoxy) is 1. The summed E-state index contributed by atoms with van der Waals surface area (Å²) in [5.41, 5.74) is -0.289. The molecule has 0 aliphatic carbocycles. The molecule has 1 aromatic rings. The Balaban J connectivity index is 3.64. The normalized spacial score (nSPS) is 11.2. The van der Waals surface area contributed by atoms with Crippen molar-refractivity contribution in [2.45, 2.75) is 4.90 Å². The van der Waals surface area contributed by atoms with Crippen LogP contribution in [-0.2, 0) is 14.8 Å². The number of esters is 1. The number of rotatable bonds is 2. The monoisotopic (exact) mass is 283 g/mol. The van der Waals surface area contributed by atoms with E-state index in [1.807, 2.05) is 0 Å². The number of primary sulfonamides is 1. The summed E-state index contributed by atoms with van der Waals surface area (Å²) in [6, 6.07) is 2.30. The number of methoxy groups -OCH3 is 1. The van der Waals surface area contributed by atoms with Gasteiger partial charge in [0.1, 0.15) is 4.90 Å². The smallest absolute Gasteiger partial charge is 0.339 e. The third-order valence-corrected chi connectivity index (χ3v) is 3.34. The van der Waals surface area contributed by atoms with Crippen LogP contribution in [0.4, 0.5) is 0 Å². The van der Waals surface area contributed by atoms with E-state index >= 15 is 0 Å². The van der Waals surface area contributed by atoms with Crippen LogP contribution in [0.1, 0.15) is 10.4 Å². The largest absolute Gasteiger partial charge is 0.465 e. The van der Waals surface area contributed by atoms with Crippen LogP contribution in [0, 0.1) is 0 Å². The maximum Gasteiger partial charge on any atom is 0.339 e. The second kappa shape index (κ2) is 4.58. The van der Waals surface area contributed by atoms with E-state index in [1.54, 1.807) is 0 Å². The van der Waals surface area contributed by atoms with Gasteiger partial charge in [0.15, 0.2) is 0 Å². The van der Waals surface area contributed by atoms with Crippen molar-refractivity contribution in [3.63, 3.8) is 0 Å². The first-order valence-corrected chi connectivity index (χ1v) is 6.17. The molecule has 1 aromatic carbocycles. The maximum atomic E-state index is 11.3. The highest BCUT2D eigenvalue weighted by molar-refractivity contribution is 7.89. The Morgan fingerprint density at radius 1 is 1.38 bits per heavy atom. The second-order valence-electron chi connectivity index (χ2n) is 2.80. The van der Waals surface area contributed by atoms with E-state index in [-0.39, 0.29) is 15.6 Å². The van der Waals surface area contributed by atoms with E-state index in [4.69, 9.17) is 28.3 Å². The molecule has 0 saturated heterocycles. The molecular weight excluding hydrogens is 277 g/mol. The molecular formula is C8H7Cl2NO4S. The Morgan fingerprint density at radius 3 is 2.38 bits per heavy atom. The van der Waals surface area contributed by atoms with Crippen molar-refractivity contribution >= 4 is 39.2 Å². The molecule has 16 heavy (non-hydrogen) atoms. The van der Waals surface area contributed by atoms with Gasteiger partial charge in [-0.05, 0) is 12.1 Å². The molecule has 0 amide bonds. The molecule has 0 aliphatic heterocycles. The standard InChI is InChI=1S/C8H7Cl2NO4S/c1-15-8(12)5-2-4(9)3-6(10)7(5)16(11,13)14/h2-3H,1H3,(H2,11,13,14). The number of sulfonamides is 1. The van der Waals surface area contributed by atoms with E-state index in [9.17, 15) is 13.2 Å². The topological polar surface area (TPSA) is 86.5 Å². The molecule has 0 spiro atoms. The quantitative estimate of drug-likeness (QED) is 0.832. The Labute approximate surface area is 102 Å². The number of benzene rings is 1. The molecule has 0 bridgehead atoms. The van der Waals surface area contributed by atoms with Crippen molar-refractivity contribution in [2.75, 3.05) is 7.11 Å². The molecule has 1 rings (SSSR count). The first-order valence-electron chi connectivity index (χ1n) is 3.87. The lowest BCUT2D eigenvalue weighted by Gasteiger charge is -2.08. The molecule has 0 heterocycles. The zero-order valence-electron chi connectivity index (χ0n) is 8.03. The molecule has 88 valence electrons. The van der Waals surface area contributed by atoms with Gasteiger partial charge in [-0.3, -0.25) is 0 Å². The zero-order chi connectivity index (χ0) is 12.5. The van der Waals surface area contributed by atoms with Crippen LogP contribution in [0.5, 0.6) is 0 Å². The highest BCUT2D eigenvalue weighted by Crippen LogP contribution is 2.28. The Hall–Kier alpha value is -0.820. The van der Waals surface area contributed by atoms with Gasteiger partial charge in [0.2, 0.25) is 10.0 Å². The lowest BCUT2D eigenvalue weighted by Crippen LogP contribution is -2.18. The van der Waals surface area contributed by atoms with Gasteiger partial charge >= 0.3 is 5.97 Å². The predicted molar refractivity (Wildman–Crippen MR) is 59.2 cm³/mol. The number of carbonyl (C=O) groups excluding carboxylic acids is 1. The van der Waals surface area contributed by atoms with Crippen molar-refractivity contribution in [1.82, 2.24) is 0 Å². The van der Waals surface area contributed by atoms with E-state index in [1.165, 1.54) is 6.07 Å². The van der Waals surface area contributed by atoms with Crippen molar-refractivity contribution in [2.24, 2.45) is 5.14 Å². The SMILES string of the molecule is COC(=O)c1cc(Cl)cc(Cl)c1S(N)(=O)=O. The summed E-state index contributed by atoms with van der Waals surface area (Å²) in [5, 5.41) is 4.82. The first kappa shape index (κ1) is 13.2. The molecule has 0 unspecified atom stereocenters. The minimum Gasteiger partial charge on any atom is -0.465 e. The molecule has 0 fully saturated rings. The van der Waals surface area contributed by atoms with Crippen LogP contribution in [0.15, 0.2) is 17.0 Å². The molecule has 5 nitrogen and oxygen atoms in total. The van der Waals surface area contributed by atoms with E-state index in [0.717, 1.165) is 13.2 Å². The van der Waals surface area contributed by atoms with Crippen molar-refractivity contribution in [3.8, 4) is 0 Å². The summed E-state index contributed by atoms with van der Waals surface area (Å²) in [4.78, 5) is 10.8. The van der Waals surface area contributed by atoms with Crippen LogP contribution < -0.4 is 5.14 Å². The molecule has 2 N–H and O–H groups in total. The molecule has 0 saturated carbocycles. The number of nitrogens with two attached hydrogens (primary N) is 1. The van der Waals surface area contributed by atoms with Gasteiger partial charge in [-0.2, -0.15) is 0 Å². The molecule has 0 atom stereocenters. The highest BCUT2D eigenvalue weighted by atomic mass is 35.5. The number of halogens is 2. The van der Waals surface area contributed by atoms with Gasteiger partial charge in [0.05, 0.1) is 17.7 Å². The summed E-state index contributed by atoms with van der Waals surface area (Å²) < 4.78 is 26.9. The zero-order valence-corrected chi connectivity index (χ0v) is 10.4. The first-order chi connectivity index (χ1) is 7.27. The molecule has 0 aromatic heterocycles. The van der Waals surface area contributed by atoms with Gasteiger partial charge in [-0.15, -0.1) is 0 Å². The van der Waals surface area contributed by atoms with Crippen molar-refractivity contribution in [3.05, 3.63) is 27.7 Å². The number of hydrogen-bond acceptors (Lipinski definition) is 4. The fourth-order valence-corrected chi connectivity index (χ4v) is 2.71. The maximum absolute atomic E-state index is 11.3. The molecule has 8 heteroatoms. The van der Waals surface area contributed by atoms with Crippen LogP contribution in [0.25, 0.3) is 0 Å². The Bertz CT molecular complexity index is 541. The van der Waals surface area contributed by atoms with E-state index in [0.29, 0.717) is 0 Å². The van der Waals surface area contributed by atoms with Crippen LogP contribution in [0.2, 0.25) is 10.0 Å². The lowest BCUT2D eigenvalue weighted by atomic mass is 10.2. The van der Waals surface area contributed by atoms with Gasteiger partial charge < -0.3 is 4.74 Å². The average molecular weight is 284 g/mol. The van der Waals surface area contributed by atoms with Crippen molar-refractivity contribution < 1.29 is 17.9 Å². The Kier molecular flexibility index (Phi) is 3.80. The summed E-state index contributed by atoms with van der Waals surface area (Å²) >= 11 is 11.3. The summed E-state index contributed by atoms with van der Waals surface area (Å²) in [5.74, 6) is -0.881. The van der Waals surface area contributed by atoms with Gasteiger partial charge in [0, 0.05) is 5.02 Å². The number of hydrogen-bond donors (Lipinski definition) is 1. The van der Waals surface area contributed by atoms with Gasteiger partial charge in [-0.25, -0.2) is 18.4 Å². The third kappa shape index (κ3) is 2.65. The van der Waals surface area contributed by atoms with Gasteiger partial charge in [-0.1, -0.05) is 23.2 Å². The van der Waals surface area contributed by atoms with E-state index in [2.05, 4.69) is 4.74 Å². The predicted octanol–water partition coefficient (Wildman–Crippen LogP) is 1.43. The fraction of sp³-hybridized carbons (Fsp3) is 0.125. The molecule has 0 radical (unpaired) electrons. The average Bonchev–Trinajstić information content (AvgIpc) is 2.12. The summed E-state index contributed by atoms with van der Waals surface area (Å²) in [6.07, 6.45) is 0. The fourth-order valence-electron chi connectivity index (χ4n) is 1.11. The highest BCUT2D eigenvalue weighted by Gasteiger charge is 2.24. The van der Waals surface area contributed by atoms with Crippen LogP contribution >= 0.6 is 23.2 Å². The number of carbonyl (C=O) groups is 1. The second-order valence-corrected chi connectivity index (χ2v) is 5.14. The summed E-state index contributed by atoms with van der Waals surface area (Å²) in [7, 11) is -3.03. The van der Waals surface area contributed by atoms with Gasteiger partial charge in [0.25, 0.3) is 0 Å². The van der Waals surface area contributed by atoms with Crippen molar-refractivity contribution in [1.29, 1.82) is 0 Å². The third-order valence-electron chi connectivity index (χ3n) is 1.70. The Morgan fingerprint density at radius 2 is 1.94 bits per heavy atom. The van der Waals surface area contributed by atoms with E-state index < -0.39 is 20.9 Å². The molecule has 0 aliphatic rings. The minimum absolute atomic E-state index is 0.109.